The molecule has 0 aliphatic heterocycles. The monoisotopic (exact) mass is 399 g/mol. The van der Waals surface area contributed by atoms with E-state index in [1.54, 1.807) is 25.1 Å². The van der Waals surface area contributed by atoms with Gasteiger partial charge in [-0.3, -0.25) is 4.79 Å². The zero-order valence-electron chi connectivity index (χ0n) is 16.0. The van der Waals surface area contributed by atoms with E-state index in [0.29, 0.717) is 28.9 Å². The molecule has 4 N–H and O–H groups in total. The highest BCUT2D eigenvalue weighted by Crippen LogP contribution is 2.33. The summed E-state index contributed by atoms with van der Waals surface area (Å²) in [6.45, 7) is 8.83. The van der Waals surface area contributed by atoms with Gasteiger partial charge in [0.1, 0.15) is 5.75 Å². The third-order valence-electron chi connectivity index (χ3n) is 5.07. The number of aromatic carboxylic acids is 1. The van der Waals surface area contributed by atoms with Crippen LogP contribution in [0.15, 0.2) is 53.3 Å². The van der Waals surface area contributed by atoms with Crippen LogP contribution in [0.4, 0.5) is 5.69 Å². The number of pyridine rings is 1. The lowest BCUT2D eigenvalue weighted by atomic mass is 9.99. The number of carbonyl (C=O) groups is 1. The van der Waals surface area contributed by atoms with Crippen molar-refractivity contribution in [2.45, 2.75) is 13.3 Å². The number of carboxylic acids is 1. The lowest BCUT2D eigenvalue weighted by molar-refractivity contribution is 0.0691. The van der Waals surface area contributed by atoms with Crippen LogP contribution in [0.3, 0.4) is 0 Å². The molecular formula is C23H17N3O4. The number of aromatic amines is 2. The minimum Gasteiger partial charge on any atom is -0.506 e. The number of H-pyrrole nitrogens is 2. The normalized spacial score (nSPS) is 10.8. The van der Waals surface area contributed by atoms with E-state index in [2.05, 4.69) is 14.8 Å². The van der Waals surface area contributed by atoms with E-state index in [1.807, 2.05) is 30.3 Å². The van der Waals surface area contributed by atoms with E-state index in [1.165, 1.54) is 0 Å². The van der Waals surface area contributed by atoms with Gasteiger partial charge in [0.2, 0.25) is 0 Å². The van der Waals surface area contributed by atoms with Gasteiger partial charge >= 0.3 is 5.97 Å². The first kappa shape index (κ1) is 19.0. The Labute approximate surface area is 171 Å². The molecule has 2 aromatic heterocycles. The summed E-state index contributed by atoms with van der Waals surface area (Å²) >= 11 is 0. The van der Waals surface area contributed by atoms with Gasteiger partial charge in [-0.15, -0.1) is 0 Å². The van der Waals surface area contributed by atoms with Crippen LogP contribution in [0.1, 0.15) is 22.8 Å². The maximum Gasteiger partial charge on any atom is 0.345 e. The summed E-state index contributed by atoms with van der Waals surface area (Å²) in [7, 11) is 0. The summed E-state index contributed by atoms with van der Waals surface area (Å²) in [6, 6.07) is 14.7. The van der Waals surface area contributed by atoms with Crippen LogP contribution in [-0.4, -0.2) is 26.2 Å². The van der Waals surface area contributed by atoms with Crippen molar-refractivity contribution in [2.24, 2.45) is 0 Å². The number of aromatic hydroxyl groups is 1. The summed E-state index contributed by atoms with van der Waals surface area (Å²) in [4.78, 5) is 32.9. The number of nitrogens with one attached hydrogen (secondary N) is 2. The molecular weight excluding hydrogens is 382 g/mol. The van der Waals surface area contributed by atoms with E-state index in [4.69, 9.17) is 6.57 Å². The van der Waals surface area contributed by atoms with Crippen molar-refractivity contribution in [1.82, 2.24) is 9.97 Å². The highest BCUT2D eigenvalue weighted by Gasteiger charge is 2.22. The number of hydrogen-bond donors (Lipinski definition) is 4. The Morgan fingerprint density at radius 2 is 1.77 bits per heavy atom. The molecule has 2 heterocycles. The highest BCUT2D eigenvalue weighted by molar-refractivity contribution is 5.93. The highest BCUT2D eigenvalue weighted by atomic mass is 16.4. The molecule has 0 atom stereocenters. The Kier molecular flexibility index (Phi) is 4.60. The molecule has 0 bridgehead atoms. The Morgan fingerprint density at radius 1 is 1.07 bits per heavy atom. The van der Waals surface area contributed by atoms with Crippen LogP contribution < -0.4 is 5.56 Å². The first-order valence-electron chi connectivity index (χ1n) is 9.25. The topological polar surface area (TPSA) is 111 Å². The van der Waals surface area contributed by atoms with Gasteiger partial charge in [0.15, 0.2) is 11.3 Å². The predicted octanol–water partition coefficient (Wildman–Crippen LogP) is 4.71. The van der Waals surface area contributed by atoms with Gasteiger partial charge in [0.25, 0.3) is 5.56 Å². The molecule has 4 rings (SSSR count). The van der Waals surface area contributed by atoms with Crippen LogP contribution in [0.5, 0.6) is 5.75 Å². The van der Waals surface area contributed by atoms with Crippen molar-refractivity contribution in [3.8, 4) is 28.3 Å². The molecule has 7 heteroatoms. The number of benzene rings is 2. The van der Waals surface area contributed by atoms with E-state index >= 15 is 0 Å². The number of carboxylic acid groups (broad SMARTS) is 1. The molecule has 30 heavy (non-hydrogen) atoms. The van der Waals surface area contributed by atoms with E-state index in [-0.39, 0.29) is 0 Å². The van der Waals surface area contributed by atoms with Crippen molar-refractivity contribution in [3.05, 3.63) is 81.4 Å². The molecule has 0 amide bonds. The molecule has 0 aliphatic rings. The van der Waals surface area contributed by atoms with E-state index in [0.717, 1.165) is 22.2 Å². The lowest BCUT2D eigenvalue weighted by Gasteiger charge is -2.12. The molecule has 0 unspecified atom stereocenters. The summed E-state index contributed by atoms with van der Waals surface area (Å²) in [5.41, 5.74) is 3.21. The molecule has 0 radical (unpaired) electrons. The number of rotatable bonds is 4. The summed E-state index contributed by atoms with van der Waals surface area (Å²) in [6.07, 6.45) is 0.349. The van der Waals surface area contributed by atoms with Crippen molar-refractivity contribution in [2.75, 3.05) is 0 Å². The molecule has 7 nitrogen and oxygen atoms in total. The SMILES string of the molecule is [C-]#[N+]c1ccc(-c2cc3cc(-c4[nH]c(=O)c(C(=O)O)c(O)c4CC)ccc3[nH]2)cc1. The third-order valence-corrected chi connectivity index (χ3v) is 5.07. The Balaban J connectivity index is 1.84. The first-order valence-corrected chi connectivity index (χ1v) is 9.25. The van der Waals surface area contributed by atoms with Crippen molar-refractivity contribution >= 4 is 22.6 Å². The molecule has 0 aliphatic carbocycles. The minimum atomic E-state index is -1.47. The fraction of sp³-hybridized carbons (Fsp3) is 0.0870. The van der Waals surface area contributed by atoms with Crippen LogP contribution in [0.25, 0.3) is 38.3 Å². The molecule has 4 aromatic rings. The van der Waals surface area contributed by atoms with Gasteiger partial charge in [0.05, 0.1) is 12.3 Å². The second-order valence-corrected chi connectivity index (χ2v) is 6.83. The molecule has 0 fully saturated rings. The largest absolute Gasteiger partial charge is 0.506 e. The Morgan fingerprint density at radius 3 is 2.40 bits per heavy atom. The third kappa shape index (κ3) is 3.10. The number of aromatic nitrogens is 2. The molecule has 0 spiro atoms. The maximum atomic E-state index is 12.2. The zero-order chi connectivity index (χ0) is 21.4. The van der Waals surface area contributed by atoms with Gasteiger partial charge < -0.3 is 20.2 Å². The lowest BCUT2D eigenvalue weighted by Crippen LogP contribution is -2.20. The fourth-order valence-corrected chi connectivity index (χ4v) is 3.58. The minimum absolute atomic E-state index is 0.349. The van der Waals surface area contributed by atoms with Gasteiger partial charge in [0, 0.05) is 22.2 Å². The smallest absolute Gasteiger partial charge is 0.345 e. The Hall–Kier alpha value is -4.31. The van der Waals surface area contributed by atoms with Gasteiger partial charge in [-0.25, -0.2) is 9.64 Å². The maximum absolute atomic E-state index is 12.2. The van der Waals surface area contributed by atoms with Crippen LogP contribution in [0, 0.1) is 6.57 Å². The molecule has 0 saturated carbocycles. The van der Waals surface area contributed by atoms with Gasteiger partial charge in [-0.2, -0.15) is 0 Å². The fourth-order valence-electron chi connectivity index (χ4n) is 3.58. The first-order chi connectivity index (χ1) is 14.4. The zero-order valence-corrected chi connectivity index (χ0v) is 16.0. The van der Waals surface area contributed by atoms with Crippen molar-refractivity contribution in [3.63, 3.8) is 0 Å². The average Bonchev–Trinajstić information content (AvgIpc) is 3.16. The van der Waals surface area contributed by atoms with E-state index < -0.39 is 22.8 Å². The summed E-state index contributed by atoms with van der Waals surface area (Å²) < 4.78 is 0. The van der Waals surface area contributed by atoms with Gasteiger partial charge in [-0.1, -0.05) is 37.3 Å². The summed E-state index contributed by atoms with van der Waals surface area (Å²) in [5.74, 6) is -1.97. The van der Waals surface area contributed by atoms with Crippen LogP contribution in [-0.2, 0) is 6.42 Å². The van der Waals surface area contributed by atoms with Crippen LogP contribution >= 0.6 is 0 Å². The average molecular weight is 399 g/mol. The number of nitrogens with zero attached hydrogens (tertiary/aromatic N) is 1. The number of hydrogen-bond acceptors (Lipinski definition) is 3. The molecule has 2 aromatic carbocycles. The standard InChI is InChI=1S/C23H17N3O4/c1-3-16-20(26-22(28)19(21(16)27)23(29)30)13-6-9-17-14(10-13)11-18(25-17)12-4-7-15(24-2)8-5-12/h4-11,25H,3H2,1H3,(H,29,30)(H2,26,27,28). The van der Waals surface area contributed by atoms with Crippen LogP contribution in [0.2, 0.25) is 0 Å². The van der Waals surface area contributed by atoms with Gasteiger partial charge in [-0.05, 0) is 35.7 Å². The molecule has 0 saturated heterocycles. The van der Waals surface area contributed by atoms with E-state index in [9.17, 15) is 19.8 Å². The summed E-state index contributed by atoms with van der Waals surface area (Å²) in [5, 5.41) is 20.5. The second kappa shape index (κ2) is 7.26. The molecule has 148 valence electrons. The second-order valence-electron chi connectivity index (χ2n) is 6.83. The number of fused-ring (bicyclic) bond motifs is 1. The van der Waals surface area contributed by atoms with Crippen molar-refractivity contribution < 1.29 is 15.0 Å². The quantitative estimate of drug-likeness (QED) is 0.373. The Bertz CT molecular complexity index is 1390. The van der Waals surface area contributed by atoms with Crippen molar-refractivity contribution in [1.29, 1.82) is 0 Å². The predicted molar refractivity (Wildman–Crippen MR) is 114 cm³/mol.